The number of nitrogens with one attached hydrogen (secondary N) is 1. The summed E-state index contributed by atoms with van der Waals surface area (Å²) in [6.07, 6.45) is 1.59. The smallest absolute Gasteiger partial charge is 0.282 e. The van der Waals surface area contributed by atoms with Crippen LogP contribution >= 0.6 is 22.6 Å². The van der Waals surface area contributed by atoms with E-state index in [-0.39, 0.29) is 24.0 Å². The highest BCUT2D eigenvalue weighted by Crippen LogP contribution is 2.35. The van der Waals surface area contributed by atoms with E-state index >= 15 is 0 Å². The Morgan fingerprint density at radius 1 is 1.00 bits per heavy atom. The zero-order valence-electron chi connectivity index (χ0n) is 26.6. The number of anilines is 1. The average molecular weight is 731 g/mol. The Balaban J connectivity index is 1.50. The number of para-hydroxylation sites is 1. The molecule has 1 N–H and O–H groups in total. The van der Waals surface area contributed by atoms with Crippen molar-refractivity contribution in [2.75, 3.05) is 26.1 Å². The number of aryl methyl sites for hydroxylation is 2. The van der Waals surface area contributed by atoms with Crippen molar-refractivity contribution in [2.45, 2.75) is 33.6 Å². The molecule has 0 radical (unpaired) electrons. The van der Waals surface area contributed by atoms with Gasteiger partial charge in [0.25, 0.3) is 11.5 Å². The fourth-order valence-electron chi connectivity index (χ4n) is 5.02. The minimum Gasteiger partial charge on any atom is -0.496 e. The molecule has 0 spiro atoms. The van der Waals surface area contributed by atoms with E-state index in [1.54, 1.807) is 25.5 Å². The lowest BCUT2D eigenvalue weighted by molar-refractivity contribution is -0.118. The molecule has 236 valence electrons. The normalized spacial score (nSPS) is 11.3. The number of hydrogen-bond donors (Lipinski definition) is 1. The van der Waals surface area contributed by atoms with Crippen LogP contribution in [-0.4, -0.2) is 42.6 Å². The van der Waals surface area contributed by atoms with Gasteiger partial charge in [0.2, 0.25) is 0 Å². The SMILES string of the molecule is COc1cc(C)c(-c2nc3ccccc3c(=O)n2N=Cc2cc(I)c(OCC(=O)Nc3ccc(C)cc3)c(OC)c2)cc1C(C)C. The number of carbonyl (C=O) groups is 1. The second-order valence-corrected chi connectivity index (χ2v) is 12.3. The van der Waals surface area contributed by atoms with E-state index < -0.39 is 0 Å². The van der Waals surface area contributed by atoms with Crippen molar-refractivity contribution >= 4 is 51.3 Å². The molecule has 1 heterocycles. The largest absolute Gasteiger partial charge is 0.496 e. The Hall–Kier alpha value is -4.71. The number of rotatable bonds is 10. The van der Waals surface area contributed by atoms with Gasteiger partial charge in [0.1, 0.15) is 5.75 Å². The van der Waals surface area contributed by atoms with E-state index in [0.717, 1.165) is 28.0 Å². The third kappa shape index (κ3) is 7.07. The van der Waals surface area contributed by atoms with Crippen LogP contribution in [0.5, 0.6) is 17.2 Å². The Bertz CT molecular complexity index is 2000. The molecule has 1 aromatic heterocycles. The number of methoxy groups -OCH3 is 2. The lowest BCUT2D eigenvalue weighted by Crippen LogP contribution is -2.21. The van der Waals surface area contributed by atoms with E-state index in [9.17, 15) is 9.59 Å². The predicted octanol–water partition coefficient (Wildman–Crippen LogP) is 7.33. The second kappa shape index (κ2) is 14.2. The predicted molar refractivity (Wildman–Crippen MR) is 191 cm³/mol. The molecule has 5 aromatic rings. The number of ether oxygens (including phenoxy) is 3. The second-order valence-electron chi connectivity index (χ2n) is 11.1. The van der Waals surface area contributed by atoms with Gasteiger partial charge in [0.05, 0.1) is 34.9 Å². The Kier molecular flexibility index (Phi) is 10.1. The first kappa shape index (κ1) is 32.7. The lowest BCUT2D eigenvalue weighted by Gasteiger charge is -2.17. The molecular weight excluding hydrogens is 695 g/mol. The van der Waals surface area contributed by atoms with Crippen molar-refractivity contribution in [1.29, 1.82) is 0 Å². The summed E-state index contributed by atoms with van der Waals surface area (Å²) in [6.45, 7) is 7.93. The molecule has 0 bridgehead atoms. The van der Waals surface area contributed by atoms with E-state index in [1.807, 2.05) is 74.5 Å². The standard InChI is InChI=1S/C36H35IN4O5/c1-21(2)27-18-28(23(4)15-31(27)44-5)35-40-30-10-8-7-9-26(30)36(43)41(35)38-19-24-16-29(37)34(32(17-24)45-6)46-20-33(42)39-25-13-11-22(3)12-14-25/h7-19,21H,20H2,1-6H3,(H,39,42). The van der Waals surface area contributed by atoms with Crippen LogP contribution in [-0.2, 0) is 4.79 Å². The summed E-state index contributed by atoms with van der Waals surface area (Å²) in [7, 11) is 3.18. The molecular formula is C36H35IN4O5. The number of aromatic nitrogens is 2. The van der Waals surface area contributed by atoms with Crippen molar-refractivity contribution in [2.24, 2.45) is 5.10 Å². The number of fused-ring (bicyclic) bond motifs is 1. The van der Waals surface area contributed by atoms with Gasteiger partial charge in [-0.3, -0.25) is 9.59 Å². The van der Waals surface area contributed by atoms with Crippen LogP contribution in [0.2, 0.25) is 0 Å². The molecule has 0 saturated heterocycles. The van der Waals surface area contributed by atoms with Gasteiger partial charge in [-0.25, -0.2) is 4.98 Å². The first-order valence-corrected chi connectivity index (χ1v) is 15.8. The molecule has 5 rings (SSSR count). The van der Waals surface area contributed by atoms with Gasteiger partial charge >= 0.3 is 0 Å². The third-order valence-corrected chi connectivity index (χ3v) is 8.25. The van der Waals surface area contributed by atoms with E-state index in [2.05, 4.69) is 46.9 Å². The van der Waals surface area contributed by atoms with Gasteiger partial charge in [-0.05, 0) is 108 Å². The molecule has 1 amide bonds. The number of nitrogens with zero attached hydrogens (tertiary/aromatic N) is 3. The Labute approximate surface area is 281 Å². The molecule has 46 heavy (non-hydrogen) atoms. The quantitative estimate of drug-likeness (QED) is 0.119. The van der Waals surface area contributed by atoms with Crippen LogP contribution < -0.4 is 25.1 Å². The van der Waals surface area contributed by atoms with E-state index in [0.29, 0.717) is 43.0 Å². The van der Waals surface area contributed by atoms with Gasteiger partial charge < -0.3 is 19.5 Å². The van der Waals surface area contributed by atoms with Crippen LogP contribution in [0, 0.1) is 17.4 Å². The maximum atomic E-state index is 13.8. The molecule has 0 fully saturated rings. The fourth-order valence-corrected chi connectivity index (χ4v) is 5.80. The highest BCUT2D eigenvalue weighted by Gasteiger charge is 2.19. The summed E-state index contributed by atoms with van der Waals surface area (Å²) >= 11 is 2.13. The summed E-state index contributed by atoms with van der Waals surface area (Å²) < 4.78 is 19.2. The minimum atomic E-state index is -0.294. The molecule has 0 aliphatic carbocycles. The molecule has 0 unspecified atom stereocenters. The first-order valence-electron chi connectivity index (χ1n) is 14.7. The average Bonchev–Trinajstić information content (AvgIpc) is 3.04. The molecule has 10 heteroatoms. The summed E-state index contributed by atoms with van der Waals surface area (Å²) in [6, 6.07) is 22.3. The lowest BCUT2D eigenvalue weighted by atomic mass is 9.96. The molecule has 9 nitrogen and oxygen atoms in total. The maximum absolute atomic E-state index is 13.8. The first-order chi connectivity index (χ1) is 22.1. The summed E-state index contributed by atoms with van der Waals surface area (Å²) in [4.78, 5) is 31.3. The number of amides is 1. The molecule has 4 aromatic carbocycles. The van der Waals surface area contributed by atoms with Gasteiger partial charge in [-0.1, -0.05) is 43.7 Å². The van der Waals surface area contributed by atoms with Crippen LogP contribution in [0.1, 0.15) is 42.0 Å². The Morgan fingerprint density at radius 3 is 2.41 bits per heavy atom. The minimum absolute atomic E-state index is 0.183. The van der Waals surface area contributed by atoms with Crippen molar-refractivity contribution in [3.05, 3.63) is 109 Å². The zero-order chi connectivity index (χ0) is 33.0. The van der Waals surface area contributed by atoms with Crippen LogP contribution in [0.25, 0.3) is 22.3 Å². The van der Waals surface area contributed by atoms with E-state index in [1.165, 1.54) is 11.8 Å². The van der Waals surface area contributed by atoms with Crippen LogP contribution in [0.15, 0.2) is 82.7 Å². The molecule has 0 aliphatic heterocycles. The fraction of sp³-hybridized carbons (Fsp3) is 0.222. The van der Waals surface area contributed by atoms with Gasteiger partial charge in [-0.15, -0.1) is 0 Å². The Morgan fingerprint density at radius 2 is 1.72 bits per heavy atom. The van der Waals surface area contributed by atoms with Gasteiger partial charge in [-0.2, -0.15) is 9.78 Å². The molecule has 0 aliphatic rings. The van der Waals surface area contributed by atoms with E-state index in [4.69, 9.17) is 19.2 Å². The monoisotopic (exact) mass is 730 g/mol. The van der Waals surface area contributed by atoms with Crippen LogP contribution in [0.3, 0.4) is 0 Å². The van der Waals surface area contributed by atoms with Crippen molar-refractivity contribution in [3.8, 4) is 28.6 Å². The summed E-state index contributed by atoms with van der Waals surface area (Å²) in [5, 5.41) is 7.94. The van der Waals surface area contributed by atoms with Crippen molar-refractivity contribution < 1.29 is 19.0 Å². The van der Waals surface area contributed by atoms with Crippen LogP contribution in [0.4, 0.5) is 5.69 Å². The maximum Gasteiger partial charge on any atom is 0.282 e. The van der Waals surface area contributed by atoms with Crippen molar-refractivity contribution in [1.82, 2.24) is 9.66 Å². The molecule has 0 saturated carbocycles. The van der Waals surface area contributed by atoms with Crippen molar-refractivity contribution in [3.63, 3.8) is 0 Å². The third-order valence-electron chi connectivity index (χ3n) is 7.45. The molecule has 0 atom stereocenters. The zero-order valence-corrected chi connectivity index (χ0v) is 28.7. The topological polar surface area (TPSA) is 104 Å². The number of benzene rings is 4. The van der Waals surface area contributed by atoms with Gasteiger partial charge in [0.15, 0.2) is 23.9 Å². The van der Waals surface area contributed by atoms with Gasteiger partial charge in [0, 0.05) is 11.3 Å². The summed E-state index contributed by atoms with van der Waals surface area (Å²) in [5.41, 5.74) is 5.43. The highest BCUT2D eigenvalue weighted by atomic mass is 127. The number of halogens is 1. The highest BCUT2D eigenvalue weighted by molar-refractivity contribution is 14.1. The number of carbonyl (C=O) groups excluding carboxylic acids is 1. The number of hydrogen-bond acceptors (Lipinski definition) is 7. The summed E-state index contributed by atoms with van der Waals surface area (Å²) in [5.74, 6) is 1.95.